The fourth-order valence-electron chi connectivity index (χ4n) is 2.18. The van der Waals surface area contributed by atoms with Crippen LogP contribution in [-0.2, 0) is 11.3 Å². The lowest BCUT2D eigenvalue weighted by molar-refractivity contribution is -0.123. The highest BCUT2D eigenvalue weighted by atomic mass is 35.5. The van der Waals surface area contributed by atoms with Gasteiger partial charge in [-0.15, -0.1) is 0 Å². The molecule has 0 saturated heterocycles. The first-order chi connectivity index (χ1) is 12.1. The van der Waals surface area contributed by atoms with Crippen molar-refractivity contribution in [1.29, 1.82) is 0 Å². The van der Waals surface area contributed by atoms with E-state index in [2.05, 4.69) is 5.32 Å². The number of methoxy groups -OCH3 is 3. The van der Waals surface area contributed by atoms with Crippen molar-refractivity contribution >= 4 is 17.5 Å². The molecule has 1 amide bonds. The molecule has 0 spiro atoms. The molecule has 2 aromatic rings. The monoisotopic (exact) mass is 365 g/mol. The molecule has 7 heteroatoms. The van der Waals surface area contributed by atoms with E-state index < -0.39 is 0 Å². The maximum atomic E-state index is 12.0. The van der Waals surface area contributed by atoms with Gasteiger partial charge in [-0.3, -0.25) is 4.79 Å². The second-order valence-electron chi connectivity index (χ2n) is 5.04. The first-order valence-corrected chi connectivity index (χ1v) is 7.89. The van der Waals surface area contributed by atoms with Crippen LogP contribution in [0, 0.1) is 0 Å². The second kappa shape index (κ2) is 9.03. The molecule has 0 atom stereocenters. The average Bonchev–Trinajstić information content (AvgIpc) is 2.63. The van der Waals surface area contributed by atoms with Crippen LogP contribution in [0.5, 0.6) is 23.0 Å². The Balaban J connectivity index is 1.96. The van der Waals surface area contributed by atoms with Crippen LogP contribution in [0.1, 0.15) is 5.56 Å². The van der Waals surface area contributed by atoms with Crippen LogP contribution in [0.25, 0.3) is 0 Å². The number of hydrogen-bond donors (Lipinski definition) is 1. The molecule has 6 nitrogen and oxygen atoms in total. The third-order valence-corrected chi connectivity index (χ3v) is 3.66. The molecule has 25 heavy (non-hydrogen) atoms. The molecular formula is C18H20ClNO5. The minimum Gasteiger partial charge on any atom is -0.496 e. The fourth-order valence-corrected chi connectivity index (χ4v) is 2.36. The number of ether oxygens (including phenoxy) is 4. The second-order valence-corrected chi connectivity index (χ2v) is 5.48. The van der Waals surface area contributed by atoms with E-state index in [9.17, 15) is 4.79 Å². The summed E-state index contributed by atoms with van der Waals surface area (Å²) in [5.41, 5.74) is 0.760. The molecule has 0 saturated carbocycles. The largest absolute Gasteiger partial charge is 0.496 e. The minimum absolute atomic E-state index is 0.115. The summed E-state index contributed by atoms with van der Waals surface area (Å²) in [7, 11) is 4.65. The van der Waals surface area contributed by atoms with Gasteiger partial charge in [0.2, 0.25) is 0 Å². The smallest absolute Gasteiger partial charge is 0.258 e. The predicted octanol–water partition coefficient (Wildman–Crippen LogP) is 3.06. The number of rotatable bonds is 8. The van der Waals surface area contributed by atoms with Gasteiger partial charge in [0.15, 0.2) is 18.1 Å². The van der Waals surface area contributed by atoms with E-state index in [0.717, 1.165) is 5.56 Å². The van der Waals surface area contributed by atoms with Crippen LogP contribution in [0.3, 0.4) is 0 Å². The lowest BCUT2D eigenvalue weighted by Gasteiger charge is -2.14. The number of benzene rings is 2. The van der Waals surface area contributed by atoms with Crippen molar-refractivity contribution in [3.05, 3.63) is 47.0 Å². The summed E-state index contributed by atoms with van der Waals surface area (Å²) < 4.78 is 21.2. The highest BCUT2D eigenvalue weighted by Gasteiger charge is 2.13. The molecule has 2 aromatic carbocycles. The third kappa shape index (κ3) is 5.19. The van der Waals surface area contributed by atoms with Crippen molar-refractivity contribution in [2.45, 2.75) is 6.54 Å². The van der Waals surface area contributed by atoms with Gasteiger partial charge >= 0.3 is 0 Å². The van der Waals surface area contributed by atoms with Gasteiger partial charge in [0, 0.05) is 23.2 Å². The van der Waals surface area contributed by atoms with Crippen LogP contribution in [0.4, 0.5) is 0 Å². The van der Waals surface area contributed by atoms with Gasteiger partial charge in [-0.25, -0.2) is 0 Å². The van der Waals surface area contributed by atoms with E-state index in [1.54, 1.807) is 57.7 Å². The molecule has 0 bridgehead atoms. The number of carbonyl (C=O) groups is 1. The molecule has 134 valence electrons. The summed E-state index contributed by atoms with van der Waals surface area (Å²) in [5, 5.41) is 3.32. The Hall–Kier alpha value is -2.60. The molecule has 0 radical (unpaired) electrons. The van der Waals surface area contributed by atoms with E-state index in [1.807, 2.05) is 0 Å². The normalized spacial score (nSPS) is 10.1. The van der Waals surface area contributed by atoms with Crippen LogP contribution < -0.4 is 24.3 Å². The van der Waals surface area contributed by atoms with Crippen molar-refractivity contribution in [3.63, 3.8) is 0 Å². The topological polar surface area (TPSA) is 66.0 Å². The highest BCUT2D eigenvalue weighted by molar-refractivity contribution is 6.30. The van der Waals surface area contributed by atoms with Gasteiger partial charge < -0.3 is 24.3 Å². The third-order valence-electron chi connectivity index (χ3n) is 3.43. The van der Waals surface area contributed by atoms with Crippen molar-refractivity contribution < 1.29 is 23.7 Å². The summed E-state index contributed by atoms with van der Waals surface area (Å²) in [6.07, 6.45) is 0. The Kier molecular flexibility index (Phi) is 6.77. The van der Waals surface area contributed by atoms with Crippen LogP contribution in [0.15, 0.2) is 36.4 Å². The minimum atomic E-state index is -0.267. The van der Waals surface area contributed by atoms with Crippen molar-refractivity contribution in [2.24, 2.45) is 0 Å². The number of carbonyl (C=O) groups excluding carboxylic acids is 1. The zero-order valence-electron chi connectivity index (χ0n) is 14.3. The summed E-state index contributed by atoms with van der Waals surface area (Å²) in [5.74, 6) is 1.97. The molecule has 0 fully saturated rings. The molecule has 1 N–H and O–H groups in total. The molecule has 0 aliphatic heterocycles. The van der Waals surface area contributed by atoms with E-state index in [-0.39, 0.29) is 19.1 Å². The van der Waals surface area contributed by atoms with Crippen LogP contribution in [0.2, 0.25) is 5.02 Å². The van der Waals surface area contributed by atoms with E-state index in [0.29, 0.717) is 28.0 Å². The Labute approximate surface area is 151 Å². The lowest BCUT2D eigenvalue weighted by Crippen LogP contribution is -2.28. The molecular weight excluding hydrogens is 346 g/mol. The van der Waals surface area contributed by atoms with Gasteiger partial charge in [0.1, 0.15) is 11.5 Å². The van der Waals surface area contributed by atoms with Gasteiger partial charge in [-0.05, 0) is 24.3 Å². The number of hydrogen-bond acceptors (Lipinski definition) is 5. The van der Waals surface area contributed by atoms with Crippen molar-refractivity contribution in [1.82, 2.24) is 5.32 Å². The van der Waals surface area contributed by atoms with Gasteiger partial charge in [-0.1, -0.05) is 17.7 Å². The Morgan fingerprint density at radius 3 is 2.32 bits per heavy atom. The highest BCUT2D eigenvalue weighted by Crippen LogP contribution is 2.34. The van der Waals surface area contributed by atoms with Crippen LogP contribution in [-0.4, -0.2) is 33.8 Å². The van der Waals surface area contributed by atoms with Gasteiger partial charge in [0.05, 0.1) is 21.3 Å². The summed E-state index contributed by atoms with van der Waals surface area (Å²) in [6, 6.07) is 10.3. The number of halogens is 1. The molecule has 0 unspecified atom stereocenters. The lowest BCUT2D eigenvalue weighted by atomic mass is 10.1. The zero-order valence-corrected chi connectivity index (χ0v) is 15.1. The first kappa shape index (κ1) is 18.7. The summed E-state index contributed by atoms with van der Waals surface area (Å²) in [6.45, 7) is 0.150. The number of nitrogens with one attached hydrogen (secondary N) is 1. The van der Waals surface area contributed by atoms with Gasteiger partial charge in [0.25, 0.3) is 5.91 Å². The Morgan fingerprint density at radius 1 is 1.00 bits per heavy atom. The predicted molar refractivity (Wildman–Crippen MR) is 94.9 cm³/mol. The molecule has 2 rings (SSSR count). The first-order valence-electron chi connectivity index (χ1n) is 7.51. The van der Waals surface area contributed by atoms with E-state index in [4.69, 9.17) is 30.5 Å². The Bertz CT molecular complexity index is 735. The molecule has 0 aliphatic carbocycles. The Morgan fingerprint density at radius 2 is 1.68 bits per heavy atom. The van der Waals surface area contributed by atoms with Crippen molar-refractivity contribution in [2.75, 3.05) is 27.9 Å². The zero-order chi connectivity index (χ0) is 18.2. The van der Waals surface area contributed by atoms with Gasteiger partial charge in [-0.2, -0.15) is 0 Å². The quantitative estimate of drug-likeness (QED) is 0.778. The van der Waals surface area contributed by atoms with E-state index in [1.165, 1.54) is 0 Å². The summed E-state index contributed by atoms with van der Waals surface area (Å²) in [4.78, 5) is 12.0. The average molecular weight is 366 g/mol. The summed E-state index contributed by atoms with van der Waals surface area (Å²) >= 11 is 5.87. The fraction of sp³-hybridized carbons (Fsp3) is 0.278. The van der Waals surface area contributed by atoms with Crippen LogP contribution >= 0.6 is 11.6 Å². The standard InChI is InChI=1S/C18H20ClNO5/c1-22-15-9-17(24-3)16(23-2)7-12(15)10-20-18(21)11-25-14-6-4-5-13(19)8-14/h4-9H,10-11H2,1-3H3,(H,20,21). The van der Waals surface area contributed by atoms with Crippen molar-refractivity contribution in [3.8, 4) is 23.0 Å². The molecule has 0 aliphatic rings. The molecule has 0 heterocycles. The maximum Gasteiger partial charge on any atom is 0.258 e. The van der Waals surface area contributed by atoms with E-state index >= 15 is 0 Å². The molecule has 0 aromatic heterocycles. The maximum absolute atomic E-state index is 12.0. The SMILES string of the molecule is COc1cc(OC)c(OC)cc1CNC(=O)COc1cccc(Cl)c1. The number of amides is 1.